The molecule has 0 saturated heterocycles. The third-order valence-corrected chi connectivity index (χ3v) is 2.20. The zero-order valence-corrected chi connectivity index (χ0v) is 11.1. The van der Waals surface area contributed by atoms with Crippen molar-refractivity contribution in [2.24, 2.45) is 0 Å². The van der Waals surface area contributed by atoms with Crippen molar-refractivity contribution >= 4 is 18.4 Å². The Bertz CT molecular complexity index is 163. The lowest BCUT2D eigenvalue weighted by Gasteiger charge is -2.06. The second-order valence-electron chi connectivity index (χ2n) is 3.01. The molecule has 17 heavy (non-hydrogen) atoms. The molecule has 0 bridgehead atoms. The van der Waals surface area contributed by atoms with Gasteiger partial charge in [0.25, 0.3) is 0 Å². The Hall–Kier alpha value is -0.340. The molecule has 0 aromatic rings. The highest BCUT2D eigenvalue weighted by Gasteiger charge is 1.91. The first-order chi connectivity index (χ1) is 8.41. The van der Waals surface area contributed by atoms with Crippen molar-refractivity contribution in [3.63, 3.8) is 0 Å². The first-order valence-corrected chi connectivity index (χ1v) is 6.80. The van der Waals surface area contributed by atoms with Crippen LogP contribution < -0.4 is 10.0 Å². The van der Waals surface area contributed by atoms with Crippen molar-refractivity contribution in [2.75, 3.05) is 59.0 Å². The second-order valence-corrected chi connectivity index (χ2v) is 3.70. The zero-order valence-electron chi connectivity index (χ0n) is 10.3. The van der Waals surface area contributed by atoms with E-state index in [9.17, 15) is 4.79 Å². The molecule has 0 spiro atoms. The van der Waals surface area contributed by atoms with Gasteiger partial charge in [0.2, 0.25) is 6.41 Å². The Balaban J connectivity index is 2.87. The summed E-state index contributed by atoms with van der Waals surface area (Å²) in [6, 6.07) is 0. The minimum atomic E-state index is 0.513. The van der Waals surface area contributed by atoms with E-state index in [1.54, 1.807) is 11.9 Å². The molecular weight excluding hydrogens is 244 g/mol. The number of hydrogen-bond acceptors (Lipinski definition) is 6. The number of carbonyl (C=O) groups excluding carboxylic acids is 1. The molecule has 0 rings (SSSR count). The molecule has 0 aromatic heterocycles. The molecule has 0 fully saturated rings. The number of nitrogens with one attached hydrogen (secondary N) is 2. The number of rotatable bonds is 14. The quantitative estimate of drug-likeness (QED) is 0.254. The molecule has 0 aliphatic carbocycles. The van der Waals surface area contributed by atoms with Crippen LogP contribution in [0.5, 0.6) is 0 Å². The normalized spacial score (nSPS) is 10.4. The largest absolute Gasteiger partial charge is 0.378 e. The molecule has 6 nitrogen and oxygen atoms in total. The van der Waals surface area contributed by atoms with E-state index in [-0.39, 0.29) is 0 Å². The zero-order chi connectivity index (χ0) is 12.6. The van der Waals surface area contributed by atoms with Crippen LogP contribution in [0.1, 0.15) is 0 Å². The monoisotopic (exact) mass is 266 g/mol. The van der Waals surface area contributed by atoms with Gasteiger partial charge in [-0.25, -0.2) is 0 Å². The number of hydrogen-bond donors (Lipinski definition) is 2. The average molecular weight is 266 g/mol. The van der Waals surface area contributed by atoms with Gasteiger partial charge in [-0.3, -0.25) is 9.52 Å². The average Bonchev–Trinajstić information content (AvgIpc) is 2.35. The van der Waals surface area contributed by atoms with E-state index in [4.69, 9.17) is 14.2 Å². The first-order valence-electron chi connectivity index (χ1n) is 5.58. The fraction of sp³-hybridized carbons (Fsp3) is 0.900. The highest BCUT2D eigenvalue weighted by molar-refractivity contribution is 7.96. The van der Waals surface area contributed by atoms with Gasteiger partial charge >= 0.3 is 0 Å². The fourth-order valence-electron chi connectivity index (χ4n) is 0.948. The summed E-state index contributed by atoms with van der Waals surface area (Å²) in [6.45, 7) is 4.85. The number of carbonyl (C=O) groups is 1. The van der Waals surface area contributed by atoms with E-state index < -0.39 is 0 Å². The molecule has 1 amide bonds. The van der Waals surface area contributed by atoms with Crippen LogP contribution in [0.2, 0.25) is 0 Å². The van der Waals surface area contributed by atoms with E-state index in [2.05, 4.69) is 10.0 Å². The number of amides is 1. The van der Waals surface area contributed by atoms with Crippen LogP contribution in [-0.2, 0) is 19.0 Å². The van der Waals surface area contributed by atoms with Crippen molar-refractivity contribution in [3.8, 4) is 0 Å². The van der Waals surface area contributed by atoms with Crippen LogP contribution in [0.4, 0.5) is 0 Å². The van der Waals surface area contributed by atoms with Gasteiger partial charge in [0.05, 0.1) is 39.6 Å². The lowest BCUT2D eigenvalue weighted by atomic mass is 10.6. The Morgan fingerprint density at radius 1 is 0.941 bits per heavy atom. The van der Waals surface area contributed by atoms with Gasteiger partial charge in [-0.05, 0) is 6.26 Å². The summed E-state index contributed by atoms with van der Waals surface area (Å²) in [5.41, 5.74) is 0. The molecule has 0 aliphatic rings. The van der Waals surface area contributed by atoms with Crippen LogP contribution in [0.15, 0.2) is 0 Å². The van der Waals surface area contributed by atoms with Crippen molar-refractivity contribution in [2.45, 2.75) is 0 Å². The Kier molecular flexibility index (Phi) is 15.3. The third-order valence-electron chi connectivity index (χ3n) is 1.71. The topological polar surface area (TPSA) is 68.8 Å². The molecule has 0 unspecified atom stereocenters. The van der Waals surface area contributed by atoms with E-state index in [1.807, 2.05) is 6.26 Å². The van der Waals surface area contributed by atoms with E-state index in [1.165, 1.54) is 0 Å². The lowest BCUT2D eigenvalue weighted by molar-refractivity contribution is -0.109. The maximum absolute atomic E-state index is 9.90. The van der Waals surface area contributed by atoms with Gasteiger partial charge in [0.15, 0.2) is 0 Å². The van der Waals surface area contributed by atoms with Gasteiger partial charge in [0, 0.05) is 13.1 Å². The molecule has 0 atom stereocenters. The second kappa shape index (κ2) is 15.7. The van der Waals surface area contributed by atoms with Crippen LogP contribution in [0, 0.1) is 0 Å². The van der Waals surface area contributed by atoms with E-state index in [0.717, 1.165) is 6.54 Å². The highest BCUT2D eigenvalue weighted by atomic mass is 32.2. The minimum absolute atomic E-state index is 0.513. The van der Waals surface area contributed by atoms with Crippen molar-refractivity contribution in [1.82, 2.24) is 10.0 Å². The highest BCUT2D eigenvalue weighted by Crippen LogP contribution is 1.83. The summed E-state index contributed by atoms with van der Waals surface area (Å²) < 4.78 is 18.9. The standard InChI is InChI=1S/C10H22N2O4S/c1-17-12-3-5-15-7-9-16-8-6-14-4-2-11-10-13/h10,12H,2-9H2,1H3,(H,11,13). The molecule has 7 heteroatoms. The molecule has 0 aromatic carbocycles. The molecule has 0 heterocycles. The molecule has 0 aliphatic heterocycles. The van der Waals surface area contributed by atoms with Gasteiger partial charge in [-0.1, -0.05) is 11.9 Å². The lowest BCUT2D eigenvalue weighted by Crippen LogP contribution is -2.19. The summed E-state index contributed by atoms with van der Waals surface area (Å²) in [5, 5.41) is 2.51. The third kappa shape index (κ3) is 15.7. The van der Waals surface area contributed by atoms with Crippen LogP contribution >= 0.6 is 11.9 Å². The minimum Gasteiger partial charge on any atom is -0.378 e. The summed E-state index contributed by atoms with van der Waals surface area (Å²) in [4.78, 5) is 9.90. The van der Waals surface area contributed by atoms with E-state index >= 15 is 0 Å². The smallest absolute Gasteiger partial charge is 0.207 e. The Labute approximate surface area is 107 Å². The van der Waals surface area contributed by atoms with Gasteiger partial charge in [-0.2, -0.15) is 0 Å². The molecule has 0 saturated carbocycles. The molecule has 102 valence electrons. The predicted molar refractivity (Wildman–Crippen MR) is 68.0 cm³/mol. The van der Waals surface area contributed by atoms with Gasteiger partial charge < -0.3 is 19.5 Å². The van der Waals surface area contributed by atoms with Crippen LogP contribution in [0.25, 0.3) is 0 Å². The summed E-state index contributed by atoms with van der Waals surface area (Å²) in [6.07, 6.45) is 2.64. The summed E-state index contributed by atoms with van der Waals surface area (Å²) in [5.74, 6) is 0. The van der Waals surface area contributed by atoms with Crippen molar-refractivity contribution in [3.05, 3.63) is 0 Å². The van der Waals surface area contributed by atoms with E-state index in [0.29, 0.717) is 52.6 Å². The summed E-state index contributed by atoms with van der Waals surface area (Å²) >= 11 is 1.58. The Morgan fingerprint density at radius 2 is 1.47 bits per heavy atom. The van der Waals surface area contributed by atoms with Gasteiger partial charge in [-0.15, -0.1) is 0 Å². The molecular formula is C10H22N2O4S. The molecule has 0 radical (unpaired) electrons. The van der Waals surface area contributed by atoms with Gasteiger partial charge in [0.1, 0.15) is 0 Å². The molecule has 2 N–H and O–H groups in total. The van der Waals surface area contributed by atoms with Crippen LogP contribution in [0.3, 0.4) is 0 Å². The van der Waals surface area contributed by atoms with Crippen molar-refractivity contribution in [1.29, 1.82) is 0 Å². The van der Waals surface area contributed by atoms with Crippen LogP contribution in [-0.4, -0.2) is 65.4 Å². The maximum Gasteiger partial charge on any atom is 0.207 e. The van der Waals surface area contributed by atoms with Crippen molar-refractivity contribution < 1.29 is 19.0 Å². The Morgan fingerprint density at radius 3 is 2.00 bits per heavy atom. The fourth-order valence-corrected chi connectivity index (χ4v) is 1.24. The predicted octanol–water partition coefficient (Wildman–Crippen LogP) is -0.350. The summed E-state index contributed by atoms with van der Waals surface area (Å²) in [7, 11) is 0. The number of ether oxygens (including phenoxy) is 3. The maximum atomic E-state index is 9.90. The first kappa shape index (κ1) is 16.7. The SMILES string of the molecule is CSNCCOCCOCCOCCNC=O.